The fourth-order valence-electron chi connectivity index (χ4n) is 11.7. The van der Waals surface area contributed by atoms with Crippen LogP contribution in [0.1, 0.15) is 86.0 Å². The summed E-state index contributed by atoms with van der Waals surface area (Å²) >= 11 is 0. The van der Waals surface area contributed by atoms with E-state index in [-0.39, 0.29) is 41.4 Å². The zero-order chi connectivity index (χ0) is 38.7. The molecule has 2 aliphatic heterocycles. The first kappa shape index (κ1) is 41.8. The summed E-state index contributed by atoms with van der Waals surface area (Å²) in [6.07, 6.45) is -9.27. The zero-order valence-electron chi connectivity index (χ0n) is 31.8. The Morgan fingerprint density at radius 3 is 1.92 bits per heavy atom. The van der Waals surface area contributed by atoms with Gasteiger partial charge < -0.3 is 70.0 Å². The van der Waals surface area contributed by atoms with E-state index in [0.717, 1.165) is 31.3 Å². The van der Waals surface area contributed by atoms with Crippen molar-refractivity contribution < 1.29 is 70.0 Å². The van der Waals surface area contributed by atoms with Gasteiger partial charge in [-0.2, -0.15) is 0 Å². The SMILES string of the molecule is CC(C)CCC(O)[C@@H](C)C1C(OC2OC(CO)C(O)C(O)C2O)CC2C3CC=C4C[C@@H](O)CC(O[C@@H]5OC(CO)C(O)C(O)C5O)[C@]4(C)C3CC[C@@]21C. The maximum absolute atomic E-state index is 11.6. The largest absolute Gasteiger partial charge is 0.394 e. The fourth-order valence-corrected chi connectivity index (χ4v) is 11.7. The van der Waals surface area contributed by atoms with Crippen molar-refractivity contribution in [3.63, 3.8) is 0 Å². The number of aliphatic hydroxyl groups excluding tert-OH is 10. The summed E-state index contributed by atoms with van der Waals surface area (Å²) in [6.45, 7) is 9.58. The number of rotatable bonds is 11. The van der Waals surface area contributed by atoms with Crippen molar-refractivity contribution in [2.45, 2.75) is 172 Å². The molecule has 6 rings (SSSR count). The Morgan fingerprint density at radius 1 is 0.774 bits per heavy atom. The van der Waals surface area contributed by atoms with Gasteiger partial charge in [-0.15, -0.1) is 0 Å². The molecule has 306 valence electrons. The highest BCUT2D eigenvalue weighted by molar-refractivity contribution is 5.28. The van der Waals surface area contributed by atoms with Crippen molar-refractivity contribution in [1.82, 2.24) is 0 Å². The van der Waals surface area contributed by atoms with Crippen molar-refractivity contribution in [3.8, 4) is 0 Å². The minimum absolute atomic E-state index is 0.0794. The molecule has 0 aromatic heterocycles. The minimum atomic E-state index is -1.59. The van der Waals surface area contributed by atoms with Gasteiger partial charge in [-0.3, -0.25) is 0 Å². The quantitative estimate of drug-likeness (QED) is 0.124. The zero-order valence-corrected chi connectivity index (χ0v) is 31.8. The Bertz CT molecular complexity index is 1260. The van der Waals surface area contributed by atoms with Crippen molar-refractivity contribution >= 4 is 0 Å². The molecule has 0 radical (unpaired) electrons. The van der Waals surface area contributed by atoms with E-state index in [1.807, 2.05) is 0 Å². The van der Waals surface area contributed by atoms with E-state index in [4.69, 9.17) is 18.9 Å². The third-order valence-corrected chi connectivity index (χ3v) is 14.7. The molecule has 0 aromatic carbocycles. The Kier molecular flexibility index (Phi) is 12.8. The summed E-state index contributed by atoms with van der Waals surface area (Å²) in [4.78, 5) is 0. The molecular formula is C39H66O14. The van der Waals surface area contributed by atoms with Crippen LogP contribution in [0.5, 0.6) is 0 Å². The normalized spacial score (nSPS) is 51.2. The van der Waals surface area contributed by atoms with Crippen molar-refractivity contribution in [3.05, 3.63) is 11.6 Å². The highest BCUT2D eigenvalue weighted by atomic mass is 16.7. The monoisotopic (exact) mass is 758 g/mol. The fraction of sp³-hybridized carbons (Fsp3) is 0.949. The lowest BCUT2D eigenvalue weighted by Crippen LogP contribution is -2.62. The average Bonchev–Trinajstić information content (AvgIpc) is 3.42. The molecule has 14 nitrogen and oxygen atoms in total. The summed E-state index contributed by atoms with van der Waals surface area (Å²) in [5, 5.41) is 106. The summed E-state index contributed by atoms with van der Waals surface area (Å²) in [5.74, 6) is 0.371. The third kappa shape index (κ3) is 7.42. The van der Waals surface area contributed by atoms with Gasteiger partial charge in [0.2, 0.25) is 0 Å². The Hall–Kier alpha value is -0.820. The molecule has 0 amide bonds. The molecule has 0 spiro atoms. The van der Waals surface area contributed by atoms with E-state index in [1.165, 1.54) is 0 Å². The first-order valence-electron chi connectivity index (χ1n) is 19.9. The van der Waals surface area contributed by atoms with Gasteiger partial charge in [-0.25, -0.2) is 0 Å². The third-order valence-electron chi connectivity index (χ3n) is 14.7. The topological polar surface area (TPSA) is 239 Å². The number of allylic oxidation sites excluding steroid dienone is 1. The second-order valence-electron chi connectivity index (χ2n) is 18.1. The molecule has 2 saturated heterocycles. The molecule has 2 heterocycles. The molecule has 0 bridgehead atoms. The van der Waals surface area contributed by atoms with Gasteiger partial charge in [0.25, 0.3) is 0 Å². The van der Waals surface area contributed by atoms with Crippen LogP contribution in [0, 0.1) is 46.3 Å². The molecule has 14 heteroatoms. The van der Waals surface area contributed by atoms with Gasteiger partial charge in [0.15, 0.2) is 12.6 Å². The molecule has 0 aromatic rings. The maximum Gasteiger partial charge on any atom is 0.187 e. The summed E-state index contributed by atoms with van der Waals surface area (Å²) in [7, 11) is 0. The second-order valence-corrected chi connectivity index (χ2v) is 18.1. The van der Waals surface area contributed by atoms with Crippen LogP contribution in [0.15, 0.2) is 11.6 Å². The average molecular weight is 759 g/mol. The summed E-state index contributed by atoms with van der Waals surface area (Å²) in [6, 6.07) is 0. The number of fused-ring (bicyclic) bond motifs is 5. The molecule has 16 unspecified atom stereocenters. The Balaban J connectivity index is 1.31. The number of aliphatic hydroxyl groups is 10. The molecule has 5 fully saturated rings. The van der Waals surface area contributed by atoms with E-state index in [9.17, 15) is 51.1 Å². The van der Waals surface area contributed by atoms with Crippen LogP contribution in [-0.2, 0) is 18.9 Å². The van der Waals surface area contributed by atoms with E-state index >= 15 is 0 Å². The molecule has 6 aliphatic rings. The Morgan fingerprint density at radius 2 is 1.36 bits per heavy atom. The molecule has 10 N–H and O–H groups in total. The van der Waals surface area contributed by atoms with Gasteiger partial charge in [-0.05, 0) is 85.9 Å². The second kappa shape index (κ2) is 16.2. The summed E-state index contributed by atoms with van der Waals surface area (Å²) in [5.41, 5.74) is 0.176. The van der Waals surface area contributed by atoms with E-state index in [0.29, 0.717) is 25.2 Å². The van der Waals surface area contributed by atoms with Crippen LogP contribution in [0.3, 0.4) is 0 Å². The standard InChI is InChI=1S/C39H66O14/c1-17(2)6-9-24(43)18(3)29-25(50-36-34(48)32(46)30(44)26(15-40)51-36)14-23-21-8-7-19-12-20(42)13-28(39(19,5)22(21)10-11-38(23,29)4)53-37-35(49)33(47)31(45)27(16-41)52-37/h7,17-18,20-37,40-49H,6,8-16H2,1-5H3/t18-,20-,21?,22?,23?,24?,25?,26?,27?,28?,29?,30?,31?,32?,33?,34?,35?,36?,37+,38+,39+/m1/s1. The van der Waals surface area contributed by atoms with Crippen LogP contribution < -0.4 is 0 Å². The lowest BCUT2D eigenvalue weighted by molar-refractivity contribution is -0.324. The first-order chi connectivity index (χ1) is 25.0. The van der Waals surface area contributed by atoms with E-state index in [1.54, 1.807) is 0 Å². The van der Waals surface area contributed by atoms with E-state index in [2.05, 4.69) is 40.7 Å². The van der Waals surface area contributed by atoms with Crippen LogP contribution >= 0.6 is 0 Å². The predicted molar refractivity (Wildman–Crippen MR) is 188 cm³/mol. The predicted octanol–water partition coefficient (Wildman–Crippen LogP) is -0.0505. The number of ether oxygens (including phenoxy) is 4. The Labute approximate surface area is 312 Å². The smallest absolute Gasteiger partial charge is 0.187 e. The highest BCUT2D eigenvalue weighted by Crippen LogP contribution is 2.68. The molecular weight excluding hydrogens is 692 g/mol. The summed E-state index contributed by atoms with van der Waals surface area (Å²) < 4.78 is 24.8. The molecule has 3 saturated carbocycles. The maximum atomic E-state index is 11.6. The number of hydrogen-bond acceptors (Lipinski definition) is 14. The minimum Gasteiger partial charge on any atom is -0.394 e. The van der Waals surface area contributed by atoms with Gasteiger partial charge in [0.1, 0.15) is 48.8 Å². The number of hydrogen-bond donors (Lipinski definition) is 10. The lowest BCUT2D eigenvalue weighted by atomic mass is 9.46. The van der Waals surface area contributed by atoms with Gasteiger partial charge in [0.05, 0.1) is 37.6 Å². The van der Waals surface area contributed by atoms with Crippen LogP contribution in [0.4, 0.5) is 0 Å². The van der Waals surface area contributed by atoms with Gasteiger partial charge in [-0.1, -0.05) is 46.3 Å². The molecule has 4 aliphatic carbocycles. The molecule has 21 atom stereocenters. The van der Waals surface area contributed by atoms with Crippen LogP contribution in [-0.4, -0.2) is 150 Å². The highest BCUT2D eigenvalue weighted by Gasteiger charge is 2.65. The van der Waals surface area contributed by atoms with E-state index < -0.39 is 104 Å². The molecule has 53 heavy (non-hydrogen) atoms. The first-order valence-corrected chi connectivity index (χ1v) is 19.9. The van der Waals surface area contributed by atoms with Crippen LogP contribution in [0.2, 0.25) is 0 Å². The van der Waals surface area contributed by atoms with Crippen LogP contribution in [0.25, 0.3) is 0 Å². The van der Waals surface area contributed by atoms with Crippen molar-refractivity contribution in [2.24, 2.45) is 46.3 Å². The van der Waals surface area contributed by atoms with Gasteiger partial charge in [0, 0.05) is 11.8 Å². The van der Waals surface area contributed by atoms with Crippen molar-refractivity contribution in [1.29, 1.82) is 0 Å². The van der Waals surface area contributed by atoms with Crippen molar-refractivity contribution in [2.75, 3.05) is 13.2 Å². The van der Waals surface area contributed by atoms with Gasteiger partial charge >= 0.3 is 0 Å². The lowest BCUT2D eigenvalue weighted by Gasteiger charge is -2.60.